The highest BCUT2D eigenvalue weighted by Gasteiger charge is 2.58. The fourth-order valence-corrected chi connectivity index (χ4v) is 6.17. The Morgan fingerprint density at radius 2 is 2.00 bits per heavy atom. The van der Waals surface area contributed by atoms with Crippen LogP contribution in [0, 0.1) is 28.6 Å². The van der Waals surface area contributed by atoms with Crippen LogP contribution in [0.1, 0.15) is 58.8 Å². The molecule has 1 saturated heterocycles. The molecular formula is C18H27NO2. The topological polar surface area (TPSA) is 49.3 Å². The largest absolute Gasteiger partial charge is 0.393 e. The number of piperidine rings is 1. The van der Waals surface area contributed by atoms with E-state index in [2.05, 4.69) is 25.2 Å². The first-order chi connectivity index (χ1) is 9.95. The van der Waals surface area contributed by atoms with Gasteiger partial charge in [-0.05, 0) is 61.7 Å². The summed E-state index contributed by atoms with van der Waals surface area (Å²) in [6, 6.07) is 0. The molecule has 3 aliphatic carbocycles. The number of fused-ring (bicyclic) bond motifs is 5. The highest BCUT2D eigenvalue weighted by atomic mass is 16.3. The summed E-state index contributed by atoms with van der Waals surface area (Å²) in [5, 5.41) is 13.6. The van der Waals surface area contributed by atoms with Crippen LogP contribution in [0.3, 0.4) is 0 Å². The van der Waals surface area contributed by atoms with Gasteiger partial charge in [-0.25, -0.2) is 0 Å². The maximum absolute atomic E-state index is 11.7. The number of hydrogen-bond acceptors (Lipinski definition) is 2. The fourth-order valence-electron chi connectivity index (χ4n) is 6.17. The van der Waals surface area contributed by atoms with Crippen molar-refractivity contribution in [3.05, 3.63) is 11.8 Å². The quantitative estimate of drug-likeness (QED) is 0.720. The Morgan fingerprint density at radius 3 is 2.81 bits per heavy atom. The molecule has 1 aliphatic heterocycles. The van der Waals surface area contributed by atoms with E-state index < -0.39 is 0 Å². The van der Waals surface area contributed by atoms with Crippen molar-refractivity contribution in [2.45, 2.75) is 64.9 Å². The van der Waals surface area contributed by atoms with Crippen LogP contribution in [0.25, 0.3) is 0 Å². The first kappa shape index (κ1) is 13.8. The highest BCUT2D eigenvalue weighted by molar-refractivity contribution is 5.79. The molecule has 4 aliphatic rings. The van der Waals surface area contributed by atoms with E-state index in [1.165, 1.54) is 18.5 Å². The molecule has 0 spiro atoms. The van der Waals surface area contributed by atoms with E-state index in [-0.39, 0.29) is 22.8 Å². The molecule has 1 heterocycles. The van der Waals surface area contributed by atoms with Crippen LogP contribution < -0.4 is 5.32 Å². The molecule has 0 radical (unpaired) electrons. The van der Waals surface area contributed by atoms with Gasteiger partial charge in [0.2, 0.25) is 5.91 Å². The molecule has 0 aromatic heterocycles. The van der Waals surface area contributed by atoms with Crippen molar-refractivity contribution in [1.82, 2.24) is 5.32 Å². The molecule has 1 amide bonds. The lowest BCUT2D eigenvalue weighted by molar-refractivity contribution is -0.125. The van der Waals surface area contributed by atoms with E-state index in [4.69, 9.17) is 0 Å². The molecule has 0 bridgehead atoms. The van der Waals surface area contributed by atoms with Crippen molar-refractivity contribution in [3.63, 3.8) is 0 Å². The molecule has 0 unspecified atom stereocenters. The van der Waals surface area contributed by atoms with Crippen LogP contribution in [0.5, 0.6) is 0 Å². The Bertz CT molecular complexity index is 513. The molecule has 6 atom stereocenters. The van der Waals surface area contributed by atoms with E-state index in [0.29, 0.717) is 24.2 Å². The van der Waals surface area contributed by atoms with Gasteiger partial charge in [-0.1, -0.05) is 19.9 Å². The Labute approximate surface area is 127 Å². The van der Waals surface area contributed by atoms with Gasteiger partial charge < -0.3 is 10.4 Å². The second-order valence-electron chi connectivity index (χ2n) is 8.33. The van der Waals surface area contributed by atoms with Crippen molar-refractivity contribution in [1.29, 1.82) is 0 Å². The number of aliphatic hydroxyl groups excluding tert-OH is 1. The molecule has 3 heteroatoms. The van der Waals surface area contributed by atoms with E-state index >= 15 is 0 Å². The lowest BCUT2D eigenvalue weighted by Gasteiger charge is -2.56. The van der Waals surface area contributed by atoms with Gasteiger partial charge in [0.1, 0.15) is 0 Å². The summed E-state index contributed by atoms with van der Waals surface area (Å²) in [5.74, 6) is 2.23. The Kier molecular flexibility index (Phi) is 2.86. The predicted octanol–water partition coefficient (Wildman–Crippen LogP) is 2.99. The monoisotopic (exact) mass is 289 g/mol. The van der Waals surface area contributed by atoms with Crippen LogP contribution in [0.2, 0.25) is 0 Å². The first-order valence-corrected chi connectivity index (χ1v) is 8.64. The Morgan fingerprint density at radius 1 is 1.19 bits per heavy atom. The van der Waals surface area contributed by atoms with Gasteiger partial charge in [-0.3, -0.25) is 4.79 Å². The number of nitrogens with one attached hydrogen (secondary N) is 1. The number of rotatable bonds is 0. The van der Waals surface area contributed by atoms with Crippen molar-refractivity contribution in [2.24, 2.45) is 28.6 Å². The molecule has 0 aromatic rings. The number of hydrogen-bond donors (Lipinski definition) is 2. The summed E-state index contributed by atoms with van der Waals surface area (Å²) in [4.78, 5) is 11.7. The second kappa shape index (κ2) is 4.34. The van der Waals surface area contributed by atoms with Crippen LogP contribution >= 0.6 is 0 Å². The lowest BCUT2D eigenvalue weighted by atomic mass is 9.50. The molecular weight excluding hydrogens is 262 g/mol. The SMILES string of the molecule is C[C@]12CC[C@H]3[C@@H](CC=C4NC(=O)CC[C@@]43C)[C@@H]1CC[C@@H]2O. The van der Waals surface area contributed by atoms with Crippen LogP contribution in [-0.4, -0.2) is 17.1 Å². The molecule has 3 fully saturated rings. The van der Waals surface area contributed by atoms with Crippen molar-refractivity contribution in [2.75, 3.05) is 0 Å². The minimum Gasteiger partial charge on any atom is -0.393 e. The zero-order valence-corrected chi connectivity index (χ0v) is 13.2. The minimum atomic E-state index is -0.104. The molecule has 2 saturated carbocycles. The normalized spacial score (nSPS) is 52.3. The molecule has 116 valence electrons. The Balaban J connectivity index is 1.69. The highest BCUT2D eigenvalue weighted by Crippen LogP contribution is 2.63. The smallest absolute Gasteiger partial charge is 0.224 e. The summed E-state index contributed by atoms with van der Waals surface area (Å²) < 4.78 is 0. The van der Waals surface area contributed by atoms with Gasteiger partial charge in [0.25, 0.3) is 0 Å². The van der Waals surface area contributed by atoms with Gasteiger partial charge in [0.05, 0.1) is 6.10 Å². The van der Waals surface area contributed by atoms with E-state index in [1.807, 2.05) is 0 Å². The van der Waals surface area contributed by atoms with Crippen molar-refractivity contribution >= 4 is 5.91 Å². The number of allylic oxidation sites excluding steroid dienone is 2. The van der Waals surface area contributed by atoms with E-state index in [0.717, 1.165) is 25.7 Å². The third kappa shape index (κ3) is 1.73. The van der Waals surface area contributed by atoms with E-state index in [9.17, 15) is 9.90 Å². The number of aliphatic hydroxyl groups is 1. The van der Waals surface area contributed by atoms with Crippen molar-refractivity contribution in [3.8, 4) is 0 Å². The van der Waals surface area contributed by atoms with Gasteiger partial charge in [0, 0.05) is 17.5 Å². The third-order valence-electron chi connectivity index (χ3n) is 7.56. The number of amides is 1. The zero-order chi connectivity index (χ0) is 14.8. The lowest BCUT2D eigenvalue weighted by Crippen LogP contribution is -2.53. The van der Waals surface area contributed by atoms with Crippen molar-refractivity contribution < 1.29 is 9.90 Å². The average Bonchev–Trinajstić information content (AvgIpc) is 2.76. The minimum absolute atomic E-state index is 0.104. The molecule has 3 nitrogen and oxygen atoms in total. The number of carbonyl (C=O) groups excluding carboxylic acids is 1. The molecule has 2 N–H and O–H groups in total. The van der Waals surface area contributed by atoms with Gasteiger partial charge >= 0.3 is 0 Å². The van der Waals surface area contributed by atoms with Gasteiger partial charge in [-0.15, -0.1) is 0 Å². The molecule has 0 aromatic carbocycles. The zero-order valence-electron chi connectivity index (χ0n) is 13.2. The first-order valence-electron chi connectivity index (χ1n) is 8.64. The summed E-state index contributed by atoms with van der Waals surface area (Å²) in [7, 11) is 0. The maximum Gasteiger partial charge on any atom is 0.224 e. The fraction of sp³-hybridized carbons (Fsp3) is 0.833. The summed E-state index contributed by atoms with van der Waals surface area (Å²) in [6.07, 6.45) is 9.47. The van der Waals surface area contributed by atoms with Crippen LogP contribution in [-0.2, 0) is 4.79 Å². The van der Waals surface area contributed by atoms with Gasteiger partial charge in [-0.2, -0.15) is 0 Å². The average molecular weight is 289 g/mol. The van der Waals surface area contributed by atoms with Crippen LogP contribution in [0.4, 0.5) is 0 Å². The van der Waals surface area contributed by atoms with E-state index in [1.54, 1.807) is 0 Å². The maximum atomic E-state index is 11.7. The second-order valence-corrected chi connectivity index (χ2v) is 8.33. The standard InChI is InChI=1S/C18H27NO2/c1-17-10-8-16(21)19-14(17)5-3-11-12-4-6-15(20)18(12,2)9-7-13(11)17/h5,11-13,15,20H,3-4,6-10H2,1-2H3,(H,19,21)/t11-,12-,13-,15-,17+,18-/m0/s1. The number of carbonyl (C=O) groups is 1. The van der Waals surface area contributed by atoms with Gasteiger partial charge in [0.15, 0.2) is 0 Å². The molecule has 4 rings (SSSR count). The third-order valence-corrected chi connectivity index (χ3v) is 7.56. The summed E-state index contributed by atoms with van der Waals surface area (Å²) in [5.41, 5.74) is 1.49. The predicted molar refractivity (Wildman–Crippen MR) is 81.2 cm³/mol. The Hall–Kier alpha value is -0.830. The molecule has 21 heavy (non-hydrogen) atoms. The summed E-state index contributed by atoms with van der Waals surface area (Å²) >= 11 is 0. The van der Waals surface area contributed by atoms with Crippen LogP contribution in [0.15, 0.2) is 11.8 Å². The summed E-state index contributed by atoms with van der Waals surface area (Å²) in [6.45, 7) is 4.68.